The molecule has 1 aromatic carbocycles. The van der Waals surface area contributed by atoms with Crippen LogP contribution in [0, 0.1) is 17.8 Å². The number of hydrogen-bond donors (Lipinski definition) is 1. The molecular weight excluding hydrogens is 258 g/mol. The maximum absolute atomic E-state index is 12.2. The molecule has 2 aliphatic rings. The maximum atomic E-state index is 12.2. The minimum Gasteiger partial charge on any atom is -0.349 e. The highest BCUT2D eigenvalue weighted by atomic mass is 35.5. The van der Waals surface area contributed by atoms with Gasteiger partial charge in [-0.3, -0.25) is 4.79 Å². The summed E-state index contributed by atoms with van der Waals surface area (Å²) in [6, 6.07) is 7.37. The van der Waals surface area contributed by atoms with Crippen molar-refractivity contribution in [3.8, 4) is 0 Å². The minimum absolute atomic E-state index is 0.0203. The molecule has 102 valence electrons. The second-order valence-corrected chi connectivity index (χ2v) is 6.54. The molecule has 0 heterocycles. The minimum atomic E-state index is 0.0203. The lowest BCUT2D eigenvalue weighted by Gasteiger charge is -2.28. The summed E-state index contributed by atoms with van der Waals surface area (Å²) < 4.78 is 0. The number of amides is 1. The van der Waals surface area contributed by atoms with Crippen LogP contribution < -0.4 is 5.32 Å². The molecule has 19 heavy (non-hydrogen) atoms. The van der Waals surface area contributed by atoms with Gasteiger partial charge in [0.2, 0.25) is 0 Å². The summed E-state index contributed by atoms with van der Waals surface area (Å²) in [7, 11) is 0. The first-order valence-corrected chi connectivity index (χ1v) is 7.57. The molecule has 0 aromatic heterocycles. The number of carbonyl (C=O) groups excluding carboxylic acids is 1. The Morgan fingerprint density at radius 2 is 2.00 bits per heavy atom. The van der Waals surface area contributed by atoms with E-state index in [1.54, 1.807) is 24.3 Å². The highest BCUT2D eigenvalue weighted by molar-refractivity contribution is 6.30. The van der Waals surface area contributed by atoms with Gasteiger partial charge in [0, 0.05) is 16.6 Å². The smallest absolute Gasteiger partial charge is 0.251 e. The summed E-state index contributed by atoms with van der Waals surface area (Å²) in [4.78, 5) is 12.2. The predicted octanol–water partition coefficient (Wildman–Crippen LogP) is 3.89. The van der Waals surface area contributed by atoms with Gasteiger partial charge in [-0.05, 0) is 68.2 Å². The standard InChI is InChI=1S/C16H20ClNO/c1-10(15-9-11-2-3-13(15)8-11)18-16(19)12-4-6-14(17)7-5-12/h4-7,10-11,13,15H,2-3,8-9H2,1H3,(H,18,19)/t10-,11-,13-,15+/m1/s1. The van der Waals surface area contributed by atoms with Crippen molar-refractivity contribution in [3.05, 3.63) is 34.9 Å². The van der Waals surface area contributed by atoms with E-state index in [1.165, 1.54) is 25.7 Å². The average molecular weight is 278 g/mol. The third-order valence-corrected chi connectivity index (χ3v) is 5.15. The Hall–Kier alpha value is -1.02. The van der Waals surface area contributed by atoms with E-state index in [-0.39, 0.29) is 11.9 Å². The maximum Gasteiger partial charge on any atom is 0.251 e. The highest BCUT2D eigenvalue weighted by Crippen LogP contribution is 2.49. The Morgan fingerprint density at radius 3 is 2.58 bits per heavy atom. The highest BCUT2D eigenvalue weighted by Gasteiger charge is 2.42. The molecule has 0 spiro atoms. The second kappa shape index (κ2) is 5.16. The summed E-state index contributed by atoms with van der Waals surface area (Å²) in [5.74, 6) is 2.46. The molecule has 2 fully saturated rings. The Labute approximate surface area is 119 Å². The van der Waals surface area contributed by atoms with Crippen molar-refractivity contribution in [3.63, 3.8) is 0 Å². The van der Waals surface area contributed by atoms with Crippen LogP contribution in [0.3, 0.4) is 0 Å². The molecule has 2 bridgehead atoms. The first-order chi connectivity index (χ1) is 9.13. The van der Waals surface area contributed by atoms with Crippen LogP contribution in [0.25, 0.3) is 0 Å². The van der Waals surface area contributed by atoms with Crippen LogP contribution in [0.5, 0.6) is 0 Å². The normalized spacial score (nSPS) is 30.3. The number of fused-ring (bicyclic) bond motifs is 2. The van der Waals surface area contributed by atoms with E-state index >= 15 is 0 Å². The topological polar surface area (TPSA) is 29.1 Å². The van der Waals surface area contributed by atoms with Crippen LogP contribution in [0.1, 0.15) is 43.0 Å². The third-order valence-electron chi connectivity index (χ3n) is 4.90. The monoisotopic (exact) mass is 277 g/mol. The second-order valence-electron chi connectivity index (χ2n) is 6.11. The molecule has 2 aliphatic carbocycles. The lowest BCUT2D eigenvalue weighted by molar-refractivity contribution is 0.0915. The zero-order valence-electron chi connectivity index (χ0n) is 11.2. The summed E-state index contributed by atoms with van der Waals surface area (Å²) >= 11 is 5.84. The Kier molecular flexibility index (Phi) is 3.53. The van der Waals surface area contributed by atoms with E-state index in [1.807, 2.05) is 0 Å². The molecule has 1 amide bonds. The zero-order chi connectivity index (χ0) is 13.4. The van der Waals surface area contributed by atoms with Crippen LogP contribution in [-0.2, 0) is 0 Å². The molecule has 0 unspecified atom stereocenters. The molecule has 0 aliphatic heterocycles. The van der Waals surface area contributed by atoms with Gasteiger partial charge in [-0.2, -0.15) is 0 Å². The van der Waals surface area contributed by atoms with E-state index in [0.29, 0.717) is 16.5 Å². The molecule has 3 rings (SSSR count). The van der Waals surface area contributed by atoms with E-state index in [9.17, 15) is 4.79 Å². The van der Waals surface area contributed by atoms with Crippen molar-refractivity contribution in [2.24, 2.45) is 17.8 Å². The lowest BCUT2D eigenvalue weighted by atomic mass is 9.84. The van der Waals surface area contributed by atoms with Crippen LogP contribution in [0.4, 0.5) is 0 Å². The van der Waals surface area contributed by atoms with Gasteiger partial charge in [0.05, 0.1) is 0 Å². The average Bonchev–Trinajstić information content (AvgIpc) is 3.01. The molecular formula is C16H20ClNO. The summed E-state index contributed by atoms with van der Waals surface area (Å²) in [6.07, 6.45) is 5.44. The lowest BCUT2D eigenvalue weighted by Crippen LogP contribution is -2.40. The fourth-order valence-corrected chi connectivity index (χ4v) is 4.03. The van der Waals surface area contributed by atoms with Gasteiger partial charge in [-0.1, -0.05) is 18.0 Å². The van der Waals surface area contributed by atoms with Crippen LogP contribution in [-0.4, -0.2) is 11.9 Å². The van der Waals surface area contributed by atoms with Crippen molar-refractivity contribution in [1.29, 1.82) is 0 Å². The SMILES string of the molecule is C[C@@H](NC(=O)c1ccc(Cl)cc1)[C@@H]1C[C@@H]2CC[C@@H]1C2. The van der Waals surface area contributed by atoms with E-state index < -0.39 is 0 Å². The van der Waals surface area contributed by atoms with Crippen LogP contribution in [0.2, 0.25) is 5.02 Å². The molecule has 4 atom stereocenters. The number of benzene rings is 1. The van der Waals surface area contributed by atoms with Gasteiger partial charge >= 0.3 is 0 Å². The number of rotatable bonds is 3. The molecule has 0 radical (unpaired) electrons. The molecule has 2 nitrogen and oxygen atoms in total. The Morgan fingerprint density at radius 1 is 1.26 bits per heavy atom. The Balaban J connectivity index is 1.61. The largest absolute Gasteiger partial charge is 0.349 e. The molecule has 0 saturated heterocycles. The van der Waals surface area contributed by atoms with Crippen LogP contribution in [0.15, 0.2) is 24.3 Å². The fourth-order valence-electron chi connectivity index (χ4n) is 3.90. The molecule has 2 saturated carbocycles. The van der Waals surface area contributed by atoms with Gasteiger partial charge in [-0.15, -0.1) is 0 Å². The Bertz CT molecular complexity index is 470. The summed E-state index contributed by atoms with van der Waals surface area (Å²) in [5, 5.41) is 3.82. The first-order valence-electron chi connectivity index (χ1n) is 7.20. The molecule has 3 heteroatoms. The van der Waals surface area contributed by atoms with Gasteiger partial charge in [0.25, 0.3) is 5.91 Å². The number of hydrogen-bond acceptors (Lipinski definition) is 1. The van der Waals surface area contributed by atoms with E-state index in [0.717, 1.165) is 11.8 Å². The fraction of sp³-hybridized carbons (Fsp3) is 0.562. The van der Waals surface area contributed by atoms with Crippen molar-refractivity contribution < 1.29 is 4.79 Å². The van der Waals surface area contributed by atoms with Crippen molar-refractivity contribution in [2.45, 2.75) is 38.6 Å². The van der Waals surface area contributed by atoms with Crippen LogP contribution >= 0.6 is 11.6 Å². The predicted molar refractivity (Wildman–Crippen MR) is 77.3 cm³/mol. The third kappa shape index (κ3) is 2.64. The number of carbonyl (C=O) groups is 1. The van der Waals surface area contributed by atoms with Gasteiger partial charge < -0.3 is 5.32 Å². The van der Waals surface area contributed by atoms with E-state index in [2.05, 4.69) is 12.2 Å². The zero-order valence-corrected chi connectivity index (χ0v) is 12.0. The van der Waals surface area contributed by atoms with Gasteiger partial charge in [0.15, 0.2) is 0 Å². The number of nitrogens with one attached hydrogen (secondary N) is 1. The quantitative estimate of drug-likeness (QED) is 0.892. The summed E-state index contributed by atoms with van der Waals surface area (Å²) in [5.41, 5.74) is 0.694. The van der Waals surface area contributed by atoms with Gasteiger partial charge in [-0.25, -0.2) is 0 Å². The number of halogens is 1. The van der Waals surface area contributed by atoms with Crippen molar-refractivity contribution >= 4 is 17.5 Å². The first kappa shape index (κ1) is 13.0. The van der Waals surface area contributed by atoms with Gasteiger partial charge in [0.1, 0.15) is 0 Å². The van der Waals surface area contributed by atoms with Crippen molar-refractivity contribution in [1.82, 2.24) is 5.32 Å². The van der Waals surface area contributed by atoms with Crippen molar-refractivity contribution in [2.75, 3.05) is 0 Å². The molecule has 1 N–H and O–H groups in total. The van der Waals surface area contributed by atoms with E-state index in [4.69, 9.17) is 11.6 Å². The summed E-state index contributed by atoms with van der Waals surface area (Å²) in [6.45, 7) is 2.15. The molecule has 1 aromatic rings.